The molecule has 2 aromatic heterocycles. The number of pyridine rings is 1. The maximum Gasteiger partial charge on any atom is 0.254 e. The van der Waals surface area contributed by atoms with Crippen LogP contribution in [-0.2, 0) is 6.54 Å². The normalized spacial score (nSPS) is 17.0. The van der Waals surface area contributed by atoms with E-state index in [2.05, 4.69) is 16.1 Å². The van der Waals surface area contributed by atoms with E-state index in [1.165, 1.54) is 0 Å². The quantitative estimate of drug-likeness (QED) is 0.736. The lowest BCUT2D eigenvalue weighted by Gasteiger charge is -2.25. The van der Waals surface area contributed by atoms with Gasteiger partial charge in [0.2, 0.25) is 0 Å². The first-order valence-electron chi connectivity index (χ1n) is 8.58. The highest BCUT2D eigenvalue weighted by Gasteiger charge is 2.30. The van der Waals surface area contributed by atoms with Crippen LogP contribution in [-0.4, -0.2) is 32.1 Å². The molecule has 0 radical (unpaired) electrons. The lowest BCUT2D eigenvalue weighted by atomic mass is 10.1. The van der Waals surface area contributed by atoms with Crippen molar-refractivity contribution in [3.05, 3.63) is 83.9 Å². The zero-order valence-corrected chi connectivity index (χ0v) is 14.0. The molecule has 126 valence electrons. The number of carbonyl (C=O) groups excluding carboxylic acids is 1. The number of benzene rings is 1. The molecule has 1 saturated heterocycles. The minimum Gasteiger partial charge on any atom is -0.332 e. The number of rotatable bonds is 4. The van der Waals surface area contributed by atoms with Crippen LogP contribution < -0.4 is 0 Å². The highest BCUT2D eigenvalue weighted by atomic mass is 16.2. The van der Waals surface area contributed by atoms with Gasteiger partial charge in [-0.05, 0) is 48.2 Å². The van der Waals surface area contributed by atoms with E-state index >= 15 is 0 Å². The molecule has 1 aliphatic rings. The molecule has 0 saturated carbocycles. The van der Waals surface area contributed by atoms with Crippen molar-refractivity contribution >= 4 is 5.91 Å². The Labute approximate surface area is 146 Å². The number of nitrogens with zero attached hydrogens (tertiary/aromatic N) is 4. The van der Waals surface area contributed by atoms with Crippen LogP contribution in [0.2, 0.25) is 0 Å². The van der Waals surface area contributed by atoms with Gasteiger partial charge in [-0.2, -0.15) is 5.10 Å². The molecule has 1 unspecified atom stereocenters. The van der Waals surface area contributed by atoms with E-state index < -0.39 is 0 Å². The van der Waals surface area contributed by atoms with Crippen molar-refractivity contribution in [1.29, 1.82) is 0 Å². The molecule has 1 fully saturated rings. The van der Waals surface area contributed by atoms with Crippen LogP contribution >= 0.6 is 0 Å². The third-order valence-electron chi connectivity index (χ3n) is 4.66. The van der Waals surface area contributed by atoms with Crippen molar-refractivity contribution < 1.29 is 4.79 Å². The Morgan fingerprint density at radius 1 is 1.16 bits per heavy atom. The Kier molecular flexibility index (Phi) is 4.29. The van der Waals surface area contributed by atoms with Gasteiger partial charge in [0, 0.05) is 36.9 Å². The van der Waals surface area contributed by atoms with Crippen LogP contribution in [0.3, 0.4) is 0 Å². The van der Waals surface area contributed by atoms with Crippen molar-refractivity contribution in [2.75, 3.05) is 6.54 Å². The number of carbonyl (C=O) groups is 1. The predicted molar refractivity (Wildman–Crippen MR) is 95.0 cm³/mol. The van der Waals surface area contributed by atoms with E-state index in [1.54, 1.807) is 12.4 Å². The minimum atomic E-state index is 0.0914. The van der Waals surface area contributed by atoms with Gasteiger partial charge in [-0.1, -0.05) is 18.2 Å². The average Bonchev–Trinajstić information content (AvgIpc) is 3.34. The molecule has 1 atom stereocenters. The zero-order chi connectivity index (χ0) is 17.1. The summed E-state index contributed by atoms with van der Waals surface area (Å²) in [5.74, 6) is 0.0914. The molecule has 1 amide bonds. The van der Waals surface area contributed by atoms with Crippen molar-refractivity contribution in [3.63, 3.8) is 0 Å². The maximum absolute atomic E-state index is 13.1. The van der Waals surface area contributed by atoms with Gasteiger partial charge in [-0.25, -0.2) is 0 Å². The van der Waals surface area contributed by atoms with Gasteiger partial charge in [0.1, 0.15) is 0 Å². The molecule has 5 heteroatoms. The van der Waals surface area contributed by atoms with Gasteiger partial charge in [-0.3, -0.25) is 14.5 Å². The molecular weight excluding hydrogens is 312 g/mol. The Morgan fingerprint density at radius 3 is 2.92 bits per heavy atom. The van der Waals surface area contributed by atoms with E-state index in [0.717, 1.165) is 36.1 Å². The zero-order valence-electron chi connectivity index (χ0n) is 14.0. The highest BCUT2D eigenvalue weighted by molar-refractivity contribution is 5.94. The molecule has 25 heavy (non-hydrogen) atoms. The van der Waals surface area contributed by atoms with Crippen LogP contribution in [0.25, 0.3) is 0 Å². The van der Waals surface area contributed by atoms with Crippen molar-refractivity contribution in [2.24, 2.45) is 0 Å². The molecular formula is C20H20N4O. The molecule has 0 N–H and O–H groups in total. The fourth-order valence-corrected chi connectivity index (χ4v) is 3.48. The topological polar surface area (TPSA) is 51.0 Å². The van der Waals surface area contributed by atoms with Crippen molar-refractivity contribution in [1.82, 2.24) is 19.7 Å². The minimum absolute atomic E-state index is 0.0914. The summed E-state index contributed by atoms with van der Waals surface area (Å²) < 4.78 is 1.86. The Bertz CT molecular complexity index is 845. The molecule has 0 bridgehead atoms. The van der Waals surface area contributed by atoms with Gasteiger partial charge in [-0.15, -0.1) is 0 Å². The van der Waals surface area contributed by atoms with Crippen molar-refractivity contribution in [2.45, 2.75) is 25.4 Å². The van der Waals surface area contributed by atoms with Gasteiger partial charge < -0.3 is 4.90 Å². The average molecular weight is 332 g/mol. The highest BCUT2D eigenvalue weighted by Crippen LogP contribution is 2.32. The molecule has 1 aliphatic heterocycles. The fraction of sp³-hybridized carbons (Fsp3) is 0.250. The Balaban J connectivity index is 1.56. The first kappa shape index (κ1) is 15.6. The molecule has 3 heterocycles. The second-order valence-electron chi connectivity index (χ2n) is 6.35. The van der Waals surface area contributed by atoms with Gasteiger partial charge in [0.25, 0.3) is 5.91 Å². The number of hydrogen-bond acceptors (Lipinski definition) is 3. The predicted octanol–water partition coefficient (Wildman–Crippen LogP) is 3.30. The van der Waals surface area contributed by atoms with Gasteiger partial charge in [0.05, 0.1) is 12.6 Å². The second-order valence-corrected chi connectivity index (χ2v) is 6.35. The summed E-state index contributed by atoms with van der Waals surface area (Å²) >= 11 is 0. The first-order valence-corrected chi connectivity index (χ1v) is 8.58. The monoisotopic (exact) mass is 332 g/mol. The largest absolute Gasteiger partial charge is 0.332 e. The van der Waals surface area contributed by atoms with Gasteiger partial charge >= 0.3 is 0 Å². The fourth-order valence-electron chi connectivity index (χ4n) is 3.48. The van der Waals surface area contributed by atoms with Crippen LogP contribution in [0, 0.1) is 0 Å². The molecule has 1 aromatic carbocycles. The number of hydrogen-bond donors (Lipinski definition) is 0. The summed E-state index contributed by atoms with van der Waals surface area (Å²) in [5.41, 5.74) is 2.92. The van der Waals surface area contributed by atoms with Crippen LogP contribution in [0.5, 0.6) is 0 Å². The summed E-state index contributed by atoms with van der Waals surface area (Å²) in [5, 5.41) is 4.23. The molecule has 0 aliphatic carbocycles. The standard InChI is InChI=1S/C20H20N4O/c25-20(24-12-3-8-19(24)18-7-2-9-21-14-18)17-6-1-5-16(13-17)15-23-11-4-10-22-23/h1-2,4-7,9-11,13-14,19H,3,8,12,15H2. The third-order valence-corrected chi connectivity index (χ3v) is 4.66. The van der Waals surface area contributed by atoms with Gasteiger partial charge in [0.15, 0.2) is 0 Å². The summed E-state index contributed by atoms with van der Waals surface area (Å²) in [6.45, 7) is 1.46. The molecule has 4 rings (SSSR count). The van der Waals surface area contributed by atoms with Crippen LogP contribution in [0.1, 0.15) is 40.4 Å². The van der Waals surface area contributed by atoms with Crippen LogP contribution in [0.15, 0.2) is 67.3 Å². The second kappa shape index (κ2) is 6.89. The Hall–Kier alpha value is -2.95. The van der Waals surface area contributed by atoms with E-state index in [0.29, 0.717) is 6.54 Å². The lowest BCUT2D eigenvalue weighted by Crippen LogP contribution is -2.30. The number of likely N-dealkylation sites (tertiary alicyclic amines) is 1. The lowest BCUT2D eigenvalue weighted by molar-refractivity contribution is 0.0735. The SMILES string of the molecule is O=C(c1cccc(Cn2cccn2)c1)N1CCCC1c1cccnc1. The summed E-state index contributed by atoms with van der Waals surface area (Å²) in [4.78, 5) is 19.2. The maximum atomic E-state index is 13.1. The van der Waals surface area contributed by atoms with Crippen LogP contribution in [0.4, 0.5) is 0 Å². The first-order chi connectivity index (χ1) is 12.3. The number of aromatic nitrogens is 3. The summed E-state index contributed by atoms with van der Waals surface area (Å²) in [7, 11) is 0. The molecule has 3 aromatic rings. The van der Waals surface area contributed by atoms with E-state index in [9.17, 15) is 4.79 Å². The summed E-state index contributed by atoms with van der Waals surface area (Å²) in [6, 6.07) is 13.9. The Morgan fingerprint density at radius 2 is 2.12 bits per heavy atom. The summed E-state index contributed by atoms with van der Waals surface area (Å²) in [6.07, 6.45) is 9.33. The molecule has 0 spiro atoms. The van der Waals surface area contributed by atoms with E-state index in [4.69, 9.17) is 0 Å². The van der Waals surface area contributed by atoms with E-state index in [-0.39, 0.29) is 11.9 Å². The van der Waals surface area contributed by atoms with Crippen molar-refractivity contribution in [3.8, 4) is 0 Å². The third kappa shape index (κ3) is 3.31. The smallest absolute Gasteiger partial charge is 0.254 e. The van der Waals surface area contributed by atoms with E-state index in [1.807, 2.05) is 58.4 Å². The number of amides is 1. The molecule has 5 nitrogen and oxygen atoms in total.